The Balaban J connectivity index is 1.71. The van der Waals surface area contributed by atoms with Gasteiger partial charge < -0.3 is 10.1 Å². The van der Waals surface area contributed by atoms with Gasteiger partial charge >= 0.3 is 0 Å². The number of ether oxygens (including phenoxy) is 1. The van der Waals surface area contributed by atoms with E-state index in [0.717, 1.165) is 6.54 Å². The summed E-state index contributed by atoms with van der Waals surface area (Å²) in [5, 5.41) is 3.21. The molecule has 1 unspecified atom stereocenters. The van der Waals surface area contributed by atoms with Crippen LogP contribution in [0.1, 0.15) is 19.3 Å². The fourth-order valence-corrected chi connectivity index (χ4v) is 2.42. The summed E-state index contributed by atoms with van der Waals surface area (Å²) >= 11 is 0. The van der Waals surface area contributed by atoms with Crippen LogP contribution in [0.5, 0.6) is 5.75 Å². The van der Waals surface area contributed by atoms with Crippen molar-refractivity contribution in [2.75, 3.05) is 18.6 Å². The van der Waals surface area contributed by atoms with Crippen LogP contribution in [0.2, 0.25) is 0 Å². The first-order chi connectivity index (χ1) is 9.69. The Labute approximate surface area is 117 Å². The third kappa shape index (κ3) is 2.54. The number of anilines is 1. The van der Waals surface area contributed by atoms with Gasteiger partial charge in [-0.15, -0.1) is 0 Å². The Morgan fingerprint density at radius 2 is 1.95 bits per heavy atom. The number of hydrogen-bond donors (Lipinski definition) is 1. The maximum atomic E-state index is 12.3. The summed E-state index contributed by atoms with van der Waals surface area (Å²) in [5.41, 5.74) is 0.608. The van der Waals surface area contributed by atoms with E-state index in [1.54, 1.807) is 31.4 Å². The molecule has 106 valence electrons. The zero-order valence-corrected chi connectivity index (χ0v) is 11.5. The minimum atomic E-state index is -0.370. The molecule has 0 bridgehead atoms. The number of benzene rings is 1. The summed E-state index contributed by atoms with van der Waals surface area (Å²) in [6, 6.07) is 6.60. The van der Waals surface area contributed by atoms with Gasteiger partial charge in [-0.25, -0.2) is 4.90 Å². The lowest BCUT2D eigenvalue weighted by Gasteiger charge is -2.15. The molecule has 1 aromatic carbocycles. The van der Waals surface area contributed by atoms with E-state index >= 15 is 0 Å². The molecule has 2 aliphatic rings. The summed E-state index contributed by atoms with van der Waals surface area (Å²) in [6.45, 7) is 0.833. The lowest BCUT2D eigenvalue weighted by molar-refractivity contribution is -0.121. The van der Waals surface area contributed by atoms with E-state index in [1.807, 2.05) is 0 Å². The molecule has 1 aliphatic heterocycles. The normalized spacial score (nSPS) is 22.4. The number of carbonyl (C=O) groups is 2. The van der Waals surface area contributed by atoms with Gasteiger partial charge in [0, 0.05) is 0 Å². The number of nitrogens with zero attached hydrogens (tertiary/aromatic N) is 1. The highest BCUT2D eigenvalue weighted by atomic mass is 16.5. The standard InChI is InChI=1S/C15H18N2O3/c1-20-12-6-4-11(5-7-12)17-14(18)8-13(15(17)19)16-9-10-2-3-10/h4-7,10,13,16H,2-3,8-9H2,1H3. The molecule has 0 aromatic heterocycles. The lowest BCUT2D eigenvalue weighted by Crippen LogP contribution is -2.39. The largest absolute Gasteiger partial charge is 0.497 e. The fourth-order valence-electron chi connectivity index (χ4n) is 2.42. The van der Waals surface area contributed by atoms with Crippen molar-refractivity contribution in [2.24, 2.45) is 5.92 Å². The third-order valence-corrected chi connectivity index (χ3v) is 3.83. The molecule has 1 aliphatic carbocycles. The van der Waals surface area contributed by atoms with Crippen LogP contribution >= 0.6 is 0 Å². The molecule has 1 N–H and O–H groups in total. The Hall–Kier alpha value is -1.88. The van der Waals surface area contributed by atoms with Gasteiger partial charge in [-0.3, -0.25) is 9.59 Å². The highest BCUT2D eigenvalue weighted by Crippen LogP contribution is 2.29. The van der Waals surface area contributed by atoms with Crippen LogP contribution in [-0.4, -0.2) is 31.5 Å². The number of rotatable bonds is 5. The Bertz CT molecular complexity index is 522. The quantitative estimate of drug-likeness (QED) is 0.823. The lowest BCUT2D eigenvalue weighted by atomic mass is 10.2. The highest BCUT2D eigenvalue weighted by Gasteiger charge is 2.39. The predicted octanol–water partition coefficient (Wildman–Crippen LogP) is 1.33. The molecule has 0 radical (unpaired) electrons. The first-order valence-electron chi connectivity index (χ1n) is 6.93. The van der Waals surface area contributed by atoms with Gasteiger partial charge in [0.2, 0.25) is 5.91 Å². The molecule has 1 saturated heterocycles. The third-order valence-electron chi connectivity index (χ3n) is 3.83. The van der Waals surface area contributed by atoms with Crippen molar-refractivity contribution in [1.29, 1.82) is 0 Å². The summed E-state index contributed by atoms with van der Waals surface area (Å²) in [7, 11) is 1.58. The molecule has 1 aromatic rings. The fraction of sp³-hybridized carbons (Fsp3) is 0.467. The van der Waals surface area contributed by atoms with Crippen LogP contribution in [0, 0.1) is 5.92 Å². The van der Waals surface area contributed by atoms with Gasteiger partial charge in [0.05, 0.1) is 25.3 Å². The molecule has 0 spiro atoms. The molecule has 1 atom stereocenters. The summed E-state index contributed by atoms with van der Waals surface area (Å²) in [5.74, 6) is 1.10. The topological polar surface area (TPSA) is 58.6 Å². The molecular weight excluding hydrogens is 256 g/mol. The molecule has 5 nitrogen and oxygen atoms in total. The molecule has 1 heterocycles. The summed E-state index contributed by atoms with van der Waals surface area (Å²) in [6.07, 6.45) is 2.70. The summed E-state index contributed by atoms with van der Waals surface area (Å²) in [4.78, 5) is 25.6. The van der Waals surface area contributed by atoms with Crippen molar-refractivity contribution < 1.29 is 14.3 Å². The minimum absolute atomic E-state index is 0.145. The molecule has 1 saturated carbocycles. The Morgan fingerprint density at radius 3 is 2.55 bits per heavy atom. The van der Waals surface area contributed by atoms with E-state index < -0.39 is 0 Å². The SMILES string of the molecule is COc1ccc(N2C(=O)CC(NCC3CC3)C2=O)cc1. The van der Waals surface area contributed by atoms with E-state index in [-0.39, 0.29) is 24.3 Å². The van der Waals surface area contributed by atoms with Crippen molar-refractivity contribution in [3.05, 3.63) is 24.3 Å². The number of hydrogen-bond acceptors (Lipinski definition) is 4. The number of nitrogens with one attached hydrogen (secondary N) is 1. The van der Waals surface area contributed by atoms with Crippen molar-refractivity contribution in [2.45, 2.75) is 25.3 Å². The van der Waals surface area contributed by atoms with Crippen molar-refractivity contribution in [1.82, 2.24) is 5.32 Å². The van der Waals surface area contributed by atoms with Crippen LogP contribution in [-0.2, 0) is 9.59 Å². The number of carbonyl (C=O) groups excluding carboxylic acids is 2. The van der Waals surface area contributed by atoms with E-state index in [4.69, 9.17) is 4.74 Å². The van der Waals surface area contributed by atoms with E-state index in [9.17, 15) is 9.59 Å². The average molecular weight is 274 g/mol. The molecular formula is C15H18N2O3. The van der Waals surface area contributed by atoms with Crippen LogP contribution in [0.3, 0.4) is 0 Å². The number of imide groups is 1. The highest BCUT2D eigenvalue weighted by molar-refractivity contribution is 6.22. The zero-order valence-electron chi connectivity index (χ0n) is 11.5. The molecule has 5 heteroatoms. The maximum absolute atomic E-state index is 12.3. The second-order valence-electron chi connectivity index (χ2n) is 5.37. The summed E-state index contributed by atoms with van der Waals surface area (Å²) < 4.78 is 5.08. The number of methoxy groups -OCH3 is 1. The predicted molar refractivity (Wildman–Crippen MR) is 74.6 cm³/mol. The first kappa shape index (κ1) is 13.1. The maximum Gasteiger partial charge on any atom is 0.251 e. The molecule has 2 amide bonds. The van der Waals surface area contributed by atoms with E-state index in [1.165, 1.54) is 17.7 Å². The van der Waals surface area contributed by atoms with Gasteiger partial charge in [0.25, 0.3) is 5.91 Å². The second kappa shape index (κ2) is 5.25. The first-order valence-corrected chi connectivity index (χ1v) is 6.93. The van der Waals surface area contributed by atoms with Crippen LogP contribution in [0.15, 0.2) is 24.3 Å². The van der Waals surface area contributed by atoms with Gasteiger partial charge in [-0.2, -0.15) is 0 Å². The Morgan fingerprint density at radius 1 is 1.25 bits per heavy atom. The van der Waals surface area contributed by atoms with Gasteiger partial charge in [0.15, 0.2) is 0 Å². The average Bonchev–Trinajstić information content (AvgIpc) is 3.24. The Kier molecular flexibility index (Phi) is 3.44. The smallest absolute Gasteiger partial charge is 0.251 e. The van der Waals surface area contributed by atoms with Crippen molar-refractivity contribution >= 4 is 17.5 Å². The second-order valence-corrected chi connectivity index (χ2v) is 5.37. The molecule has 2 fully saturated rings. The van der Waals surface area contributed by atoms with Crippen molar-refractivity contribution in [3.8, 4) is 5.75 Å². The minimum Gasteiger partial charge on any atom is -0.497 e. The number of amides is 2. The molecule has 20 heavy (non-hydrogen) atoms. The van der Waals surface area contributed by atoms with Crippen LogP contribution in [0.4, 0.5) is 5.69 Å². The van der Waals surface area contributed by atoms with E-state index in [2.05, 4.69) is 5.32 Å². The van der Waals surface area contributed by atoms with E-state index in [0.29, 0.717) is 17.4 Å². The van der Waals surface area contributed by atoms with Crippen LogP contribution in [0.25, 0.3) is 0 Å². The van der Waals surface area contributed by atoms with Crippen molar-refractivity contribution in [3.63, 3.8) is 0 Å². The zero-order chi connectivity index (χ0) is 14.1. The van der Waals surface area contributed by atoms with Crippen LogP contribution < -0.4 is 15.0 Å². The molecule has 3 rings (SSSR count). The van der Waals surface area contributed by atoms with Gasteiger partial charge in [-0.1, -0.05) is 0 Å². The monoisotopic (exact) mass is 274 g/mol. The van der Waals surface area contributed by atoms with Gasteiger partial charge in [0.1, 0.15) is 5.75 Å². The van der Waals surface area contributed by atoms with Gasteiger partial charge in [-0.05, 0) is 49.6 Å².